The van der Waals surface area contributed by atoms with Crippen LogP contribution < -0.4 is 10.9 Å². The molecule has 148 valence electrons. The van der Waals surface area contributed by atoms with Crippen LogP contribution in [0.4, 0.5) is 5.69 Å². The van der Waals surface area contributed by atoms with Gasteiger partial charge in [0, 0.05) is 5.69 Å². The molecule has 0 aliphatic heterocycles. The second kappa shape index (κ2) is 9.62. The SMILES string of the molecule is CCCCN(CC(=O)Nc1ccc(C#N)cc1)Cc1nc2ccccc2c(=O)[nH]1. The first-order chi connectivity index (χ1) is 14.1. The number of nitriles is 1. The van der Waals surface area contributed by atoms with Gasteiger partial charge < -0.3 is 10.3 Å². The predicted molar refractivity (Wildman–Crippen MR) is 112 cm³/mol. The Morgan fingerprint density at radius 3 is 2.69 bits per heavy atom. The van der Waals surface area contributed by atoms with Crippen LogP contribution in [0.3, 0.4) is 0 Å². The fourth-order valence-electron chi connectivity index (χ4n) is 3.05. The van der Waals surface area contributed by atoms with Gasteiger partial charge in [-0.25, -0.2) is 4.98 Å². The highest BCUT2D eigenvalue weighted by molar-refractivity contribution is 5.92. The maximum atomic E-state index is 12.5. The first-order valence-electron chi connectivity index (χ1n) is 9.59. The van der Waals surface area contributed by atoms with Gasteiger partial charge in [0.05, 0.1) is 35.6 Å². The van der Waals surface area contributed by atoms with Gasteiger partial charge in [0.25, 0.3) is 5.56 Å². The molecule has 0 saturated carbocycles. The zero-order valence-electron chi connectivity index (χ0n) is 16.3. The monoisotopic (exact) mass is 389 g/mol. The normalized spacial score (nSPS) is 10.8. The van der Waals surface area contributed by atoms with Crippen molar-refractivity contribution in [2.75, 3.05) is 18.4 Å². The van der Waals surface area contributed by atoms with Gasteiger partial charge in [-0.3, -0.25) is 14.5 Å². The van der Waals surface area contributed by atoms with E-state index in [2.05, 4.69) is 28.3 Å². The second-order valence-corrected chi connectivity index (χ2v) is 6.83. The minimum atomic E-state index is -0.178. The Labute approximate surface area is 169 Å². The van der Waals surface area contributed by atoms with Gasteiger partial charge >= 0.3 is 0 Å². The predicted octanol–water partition coefficient (Wildman–Crippen LogP) is 3.04. The van der Waals surface area contributed by atoms with Gasteiger partial charge in [-0.1, -0.05) is 25.5 Å². The van der Waals surface area contributed by atoms with Crippen molar-refractivity contribution < 1.29 is 4.79 Å². The van der Waals surface area contributed by atoms with Gasteiger partial charge in [0.2, 0.25) is 5.91 Å². The lowest BCUT2D eigenvalue weighted by atomic mass is 10.2. The van der Waals surface area contributed by atoms with E-state index in [1.807, 2.05) is 17.0 Å². The van der Waals surface area contributed by atoms with E-state index in [1.165, 1.54) is 0 Å². The Bertz CT molecular complexity index is 1080. The van der Waals surface area contributed by atoms with Crippen LogP contribution in [0.5, 0.6) is 0 Å². The summed E-state index contributed by atoms with van der Waals surface area (Å²) in [5.74, 6) is 0.380. The molecule has 0 unspecified atom stereocenters. The van der Waals surface area contributed by atoms with E-state index in [4.69, 9.17) is 5.26 Å². The summed E-state index contributed by atoms with van der Waals surface area (Å²) in [5, 5.41) is 12.3. The molecular formula is C22H23N5O2. The smallest absolute Gasteiger partial charge is 0.258 e. The summed E-state index contributed by atoms with van der Waals surface area (Å²) >= 11 is 0. The molecule has 1 heterocycles. The molecule has 1 amide bonds. The van der Waals surface area contributed by atoms with Crippen LogP contribution in [0.15, 0.2) is 53.3 Å². The molecule has 0 atom stereocenters. The molecule has 3 rings (SSSR count). The van der Waals surface area contributed by atoms with Gasteiger partial charge in [-0.15, -0.1) is 0 Å². The lowest BCUT2D eigenvalue weighted by Crippen LogP contribution is -2.34. The maximum absolute atomic E-state index is 12.5. The number of aromatic amines is 1. The molecule has 2 N–H and O–H groups in total. The van der Waals surface area contributed by atoms with E-state index in [0.29, 0.717) is 41.1 Å². The molecule has 2 aromatic carbocycles. The van der Waals surface area contributed by atoms with Crippen molar-refractivity contribution in [3.05, 3.63) is 70.3 Å². The number of para-hydroxylation sites is 1. The fraction of sp³-hybridized carbons (Fsp3) is 0.273. The number of hydrogen-bond donors (Lipinski definition) is 2. The molecule has 0 spiro atoms. The van der Waals surface area contributed by atoms with Gasteiger partial charge in [-0.2, -0.15) is 5.26 Å². The van der Waals surface area contributed by atoms with Crippen LogP contribution in [-0.2, 0) is 11.3 Å². The number of rotatable bonds is 8. The molecule has 1 aromatic heterocycles. The number of fused-ring (bicyclic) bond motifs is 1. The Morgan fingerprint density at radius 2 is 1.97 bits per heavy atom. The Morgan fingerprint density at radius 1 is 1.21 bits per heavy atom. The van der Waals surface area contributed by atoms with Crippen molar-refractivity contribution in [2.45, 2.75) is 26.3 Å². The van der Waals surface area contributed by atoms with Crippen molar-refractivity contribution in [3.8, 4) is 6.07 Å². The Balaban J connectivity index is 1.71. The zero-order chi connectivity index (χ0) is 20.6. The average molecular weight is 389 g/mol. The van der Waals surface area contributed by atoms with Crippen LogP contribution in [0, 0.1) is 11.3 Å². The minimum Gasteiger partial charge on any atom is -0.325 e. The third-order valence-corrected chi connectivity index (χ3v) is 4.53. The second-order valence-electron chi connectivity index (χ2n) is 6.83. The standard InChI is InChI=1S/C22H23N5O2/c1-2-3-12-27(15-21(28)24-17-10-8-16(13-23)9-11-17)14-20-25-19-7-5-4-6-18(19)22(29)26-20/h4-11H,2-3,12,14-15H2,1H3,(H,24,28)(H,25,26,29). The fourth-order valence-corrected chi connectivity index (χ4v) is 3.05. The summed E-state index contributed by atoms with van der Waals surface area (Å²) < 4.78 is 0. The number of amides is 1. The quantitative estimate of drug-likeness (QED) is 0.616. The largest absolute Gasteiger partial charge is 0.325 e. The lowest BCUT2D eigenvalue weighted by Gasteiger charge is -2.21. The number of nitrogens with zero attached hydrogens (tertiary/aromatic N) is 3. The zero-order valence-corrected chi connectivity index (χ0v) is 16.3. The highest BCUT2D eigenvalue weighted by Crippen LogP contribution is 2.10. The number of nitrogens with one attached hydrogen (secondary N) is 2. The highest BCUT2D eigenvalue weighted by Gasteiger charge is 2.14. The molecule has 0 fully saturated rings. The highest BCUT2D eigenvalue weighted by atomic mass is 16.2. The van der Waals surface area contributed by atoms with Gasteiger partial charge in [-0.05, 0) is 49.4 Å². The Kier molecular flexibility index (Phi) is 6.72. The third kappa shape index (κ3) is 5.50. The van der Waals surface area contributed by atoms with E-state index in [-0.39, 0.29) is 18.0 Å². The van der Waals surface area contributed by atoms with Crippen LogP contribution in [0.25, 0.3) is 10.9 Å². The van der Waals surface area contributed by atoms with Gasteiger partial charge in [0.15, 0.2) is 0 Å². The number of hydrogen-bond acceptors (Lipinski definition) is 5. The minimum absolute atomic E-state index is 0.158. The van der Waals surface area contributed by atoms with E-state index < -0.39 is 0 Å². The molecule has 0 saturated heterocycles. The van der Waals surface area contributed by atoms with Crippen LogP contribution in [0.2, 0.25) is 0 Å². The summed E-state index contributed by atoms with van der Waals surface area (Å²) in [6.45, 7) is 3.36. The number of aromatic nitrogens is 2. The van der Waals surface area contributed by atoms with Crippen molar-refractivity contribution in [2.24, 2.45) is 0 Å². The van der Waals surface area contributed by atoms with E-state index in [0.717, 1.165) is 12.8 Å². The summed E-state index contributed by atoms with van der Waals surface area (Å²) in [6, 6.07) is 16.0. The first-order valence-corrected chi connectivity index (χ1v) is 9.59. The number of unbranched alkanes of at least 4 members (excludes halogenated alkanes) is 1. The van der Waals surface area contributed by atoms with E-state index >= 15 is 0 Å². The van der Waals surface area contributed by atoms with Crippen molar-refractivity contribution in [1.29, 1.82) is 5.26 Å². The van der Waals surface area contributed by atoms with Gasteiger partial charge in [0.1, 0.15) is 5.82 Å². The van der Waals surface area contributed by atoms with Crippen molar-refractivity contribution in [3.63, 3.8) is 0 Å². The van der Waals surface area contributed by atoms with Crippen LogP contribution in [-0.4, -0.2) is 33.9 Å². The summed E-state index contributed by atoms with van der Waals surface area (Å²) in [5.41, 5.74) is 1.65. The molecular weight excluding hydrogens is 366 g/mol. The molecule has 3 aromatic rings. The van der Waals surface area contributed by atoms with Crippen LogP contribution >= 0.6 is 0 Å². The summed E-state index contributed by atoms with van der Waals surface area (Å²) in [6.07, 6.45) is 1.93. The maximum Gasteiger partial charge on any atom is 0.258 e. The topological polar surface area (TPSA) is 102 Å². The first kappa shape index (κ1) is 20.2. The van der Waals surface area contributed by atoms with Crippen molar-refractivity contribution >= 4 is 22.5 Å². The molecule has 0 bridgehead atoms. The Hall–Kier alpha value is -3.50. The number of H-pyrrole nitrogens is 1. The molecule has 0 aliphatic carbocycles. The molecule has 7 nitrogen and oxygen atoms in total. The average Bonchev–Trinajstić information content (AvgIpc) is 2.72. The van der Waals surface area contributed by atoms with Crippen LogP contribution in [0.1, 0.15) is 31.2 Å². The lowest BCUT2D eigenvalue weighted by molar-refractivity contribution is -0.117. The summed E-state index contributed by atoms with van der Waals surface area (Å²) in [7, 11) is 0. The van der Waals surface area contributed by atoms with Crippen molar-refractivity contribution in [1.82, 2.24) is 14.9 Å². The van der Waals surface area contributed by atoms with E-state index in [9.17, 15) is 9.59 Å². The number of benzene rings is 2. The van der Waals surface area contributed by atoms with E-state index in [1.54, 1.807) is 36.4 Å². The number of carbonyl (C=O) groups excluding carboxylic acids is 1. The molecule has 0 aliphatic rings. The number of carbonyl (C=O) groups is 1. The molecule has 7 heteroatoms. The molecule has 0 radical (unpaired) electrons. The summed E-state index contributed by atoms with van der Waals surface area (Å²) in [4.78, 5) is 34.1. The molecule has 29 heavy (non-hydrogen) atoms. The number of anilines is 1. The third-order valence-electron chi connectivity index (χ3n) is 4.53.